The molecule has 0 bridgehead atoms. The van der Waals surface area contributed by atoms with Crippen molar-refractivity contribution in [2.24, 2.45) is 0 Å². The maximum absolute atomic E-state index is 12.3. The predicted octanol–water partition coefficient (Wildman–Crippen LogP) is 3.09. The van der Waals surface area contributed by atoms with Crippen LogP contribution in [0.15, 0.2) is 91.0 Å². The van der Waals surface area contributed by atoms with Crippen molar-refractivity contribution in [2.75, 3.05) is 6.61 Å². The molecule has 1 aliphatic rings. The number of hydrogen-bond acceptors (Lipinski definition) is 7. The highest BCUT2D eigenvalue weighted by molar-refractivity contribution is 5.89. The van der Waals surface area contributed by atoms with E-state index in [1.807, 2.05) is 60.7 Å². The summed E-state index contributed by atoms with van der Waals surface area (Å²) >= 11 is 0. The summed E-state index contributed by atoms with van der Waals surface area (Å²) in [7, 11) is 0. The Morgan fingerprint density at radius 3 is 1.79 bits per heavy atom. The number of aliphatic hydroxyl groups excluding tert-OH is 2. The van der Waals surface area contributed by atoms with Gasteiger partial charge in [-0.3, -0.25) is 0 Å². The number of hydrogen-bond donors (Lipinski definition) is 2. The Hall–Kier alpha value is -3.07. The highest BCUT2D eigenvalue weighted by Crippen LogP contribution is 2.27. The third-order valence-electron chi connectivity index (χ3n) is 5.60. The number of ether oxygens (including phenoxy) is 4. The summed E-state index contributed by atoms with van der Waals surface area (Å²) in [4.78, 5) is 12.3. The molecule has 5 atom stereocenters. The molecule has 2 N–H and O–H groups in total. The van der Waals surface area contributed by atoms with Crippen molar-refractivity contribution in [2.45, 2.75) is 43.9 Å². The maximum Gasteiger partial charge on any atom is 0.338 e. The third-order valence-corrected chi connectivity index (χ3v) is 5.60. The van der Waals surface area contributed by atoms with Crippen LogP contribution >= 0.6 is 0 Å². The third kappa shape index (κ3) is 6.28. The van der Waals surface area contributed by atoms with Gasteiger partial charge in [0.1, 0.15) is 31.0 Å². The van der Waals surface area contributed by atoms with Gasteiger partial charge >= 0.3 is 5.97 Å². The normalized spacial score (nSPS) is 24.5. The Morgan fingerprint density at radius 2 is 1.24 bits per heavy atom. The first-order valence-corrected chi connectivity index (χ1v) is 11.2. The van der Waals surface area contributed by atoms with Crippen LogP contribution in [0.2, 0.25) is 0 Å². The Kier molecular flexibility index (Phi) is 8.41. The van der Waals surface area contributed by atoms with Gasteiger partial charge < -0.3 is 29.2 Å². The van der Waals surface area contributed by atoms with E-state index >= 15 is 0 Å². The summed E-state index contributed by atoms with van der Waals surface area (Å²) in [5, 5.41) is 21.7. The second kappa shape index (κ2) is 11.9. The highest BCUT2D eigenvalue weighted by atomic mass is 16.7. The lowest BCUT2D eigenvalue weighted by Crippen LogP contribution is -2.60. The fourth-order valence-corrected chi connectivity index (χ4v) is 3.76. The minimum atomic E-state index is -1.38. The van der Waals surface area contributed by atoms with E-state index in [9.17, 15) is 15.0 Å². The summed E-state index contributed by atoms with van der Waals surface area (Å²) in [5.41, 5.74) is 2.20. The summed E-state index contributed by atoms with van der Waals surface area (Å²) < 4.78 is 22.9. The Morgan fingerprint density at radius 1 is 0.735 bits per heavy atom. The van der Waals surface area contributed by atoms with Gasteiger partial charge in [-0.2, -0.15) is 0 Å². The molecule has 3 aromatic rings. The Bertz CT molecular complexity index is 1010. The summed E-state index contributed by atoms with van der Waals surface area (Å²) in [6, 6.07) is 27.5. The van der Waals surface area contributed by atoms with E-state index in [4.69, 9.17) is 18.9 Å². The van der Waals surface area contributed by atoms with E-state index in [1.54, 1.807) is 30.3 Å². The van der Waals surface area contributed by atoms with Gasteiger partial charge in [-0.1, -0.05) is 78.9 Å². The standard InChI is InChI=1S/C27H28O7/c28-23-22(18-33-26(29)21-14-8-3-9-15-21)34-27(30)25(32-17-20-12-6-2-7-13-20)24(23)31-16-19-10-4-1-5-11-19/h1-15,22-25,27-28,30H,16-18H2/t22?,23-,24-,25?,27+/m0/s1. The van der Waals surface area contributed by atoms with Crippen LogP contribution in [0.1, 0.15) is 21.5 Å². The minimum absolute atomic E-state index is 0.205. The van der Waals surface area contributed by atoms with E-state index in [0.717, 1.165) is 11.1 Å². The first kappa shape index (κ1) is 24.1. The number of esters is 1. The molecule has 7 nitrogen and oxygen atoms in total. The number of carbonyl (C=O) groups excluding carboxylic acids is 1. The zero-order valence-electron chi connectivity index (χ0n) is 18.6. The monoisotopic (exact) mass is 464 g/mol. The highest BCUT2D eigenvalue weighted by Gasteiger charge is 2.46. The molecule has 34 heavy (non-hydrogen) atoms. The van der Waals surface area contributed by atoms with Crippen LogP contribution in [0, 0.1) is 0 Å². The van der Waals surface area contributed by atoms with Crippen LogP contribution in [-0.4, -0.2) is 53.5 Å². The topological polar surface area (TPSA) is 94.5 Å². The van der Waals surface area contributed by atoms with Crippen molar-refractivity contribution >= 4 is 5.97 Å². The minimum Gasteiger partial charge on any atom is -0.459 e. The number of aliphatic hydroxyl groups is 2. The van der Waals surface area contributed by atoms with Crippen molar-refractivity contribution in [1.29, 1.82) is 0 Å². The van der Waals surface area contributed by atoms with Crippen molar-refractivity contribution < 1.29 is 34.0 Å². The van der Waals surface area contributed by atoms with Gasteiger partial charge in [0.05, 0.1) is 18.8 Å². The molecule has 0 amide bonds. The molecule has 1 heterocycles. The fraction of sp³-hybridized carbons (Fsp3) is 0.296. The van der Waals surface area contributed by atoms with E-state index in [2.05, 4.69) is 0 Å². The lowest BCUT2D eigenvalue weighted by atomic mass is 9.98. The lowest BCUT2D eigenvalue weighted by molar-refractivity contribution is -0.307. The van der Waals surface area contributed by atoms with Crippen LogP contribution in [0.25, 0.3) is 0 Å². The molecule has 4 rings (SSSR count). The van der Waals surface area contributed by atoms with Crippen LogP contribution in [0.3, 0.4) is 0 Å². The average molecular weight is 465 g/mol. The molecule has 1 saturated heterocycles. The van der Waals surface area contributed by atoms with Crippen LogP contribution in [-0.2, 0) is 32.2 Å². The first-order valence-electron chi connectivity index (χ1n) is 11.2. The number of carbonyl (C=O) groups is 1. The average Bonchev–Trinajstić information content (AvgIpc) is 2.89. The summed E-state index contributed by atoms with van der Waals surface area (Å²) in [5.74, 6) is -0.546. The van der Waals surface area contributed by atoms with Gasteiger partial charge in [-0.15, -0.1) is 0 Å². The first-order chi connectivity index (χ1) is 16.6. The molecule has 0 radical (unpaired) electrons. The zero-order chi connectivity index (χ0) is 23.8. The number of rotatable bonds is 9. The zero-order valence-corrected chi connectivity index (χ0v) is 18.6. The molecule has 1 aliphatic heterocycles. The van der Waals surface area contributed by atoms with Gasteiger partial charge in [0.15, 0.2) is 6.29 Å². The van der Waals surface area contributed by atoms with Crippen molar-refractivity contribution in [3.63, 3.8) is 0 Å². The molecule has 1 fully saturated rings. The number of benzene rings is 3. The van der Waals surface area contributed by atoms with Gasteiger partial charge in [0.25, 0.3) is 0 Å². The molecule has 0 aliphatic carbocycles. The largest absolute Gasteiger partial charge is 0.459 e. The van der Waals surface area contributed by atoms with Crippen molar-refractivity contribution in [3.05, 3.63) is 108 Å². The predicted molar refractivity (Wildman–Crippen MR) is 124 cm³/mol. The molecule has 0 saturated carbocycles. The second-order valence-electron chi connectivity index (χ2n) is 8.04. The van der Waals surface area contributed by atoms with E-state index in [0.29, 0.717) is 5.56 Å². The molecule has 3 aromatic carbocycles. The summed E-state index contributed by atoms with van der Waals surface area (Å²) in [6.07, 6.45) is -5.42. The molecule has 0 spiro atoms. The molecular formula is C27H28O7. The van der Waals surface area contributed by atoms with Crippen LogP contribution in [0.5, 0.6) is 0 Å². The van der Waals surface area contributed by atoms with E-state index in [-0.39, 0.29) is 19.8 Å². The molecule has 2 unspecified atom stereocenters. The van der Waals surface area contributed by atoms with E-state index < -0.39 is 36.7 Å². The molecule has 178 valence electrons. The van der Waals surface area contributed by atoms with Crippen LogP contribution < -0.4 is 0 Å². The quantitative estimate of drug-likeness (QED) is 0.470. The summed E-state index contributed by atoms with van der Waals surface area (Å²) in [6.45, 7) is 0.164. The lowest BCUT2D eigenvalue weighted by Gasteiger charge is -2.42. The van der Waals surface area contributed by atoms with E-state index in [1.165, 1.54) is 0 Å². The van der Waals surface area contributed by atoms with Crippen LogP contribution in [0.4, 0.5) is 0 Å². The fourth-order valence-electron chi connectivity index (χ4n) is 3.76. The molecule has 0 aromatic heterocycles. The Balaban J connectivity index is 1.44. The van der Waals surface area contributed by atoms with Crippen molar-refractivity contribution in [3.8, 4) is 0 Å². The van der Waals surface area contributed by atoms with Gasteiger partial charge in [-0.25, -0.2) is 4.79 Å². The van der Waals surface area contributed by atoms with Gasteiger partial charge in [-0.05, 0) is 23.3 Å². The second-order valence-corrected chi connectivity index (χ2v) is 8.04. The van der Waals surface area contributed by atoms with Gasteiger partial charge in [0.2, 0.25) is 0 Å². The molecular weight excluding hydrogens is 436 g/mol. The maximum atomic E-state index is 12.3. The van der Waals surface area contributed by atoms with Gasteiger partial charge in [0, 0.05) is 0 Å². The molecule has 7 heteroatoms. The Labute approximate surface area is 198 Å². The SMILES string of the molecule is O=C(OCC1O[C@@H](O)C(OCc2ccccc2)[C@@H](OCc2ccccc2)[C@H]1O)c1ccccc1. The van der Waals surface area contributed by atoms with Crippen molar-refractivity contribution in [1.82, 2.24) is 0 Å². The smallest absolute Gasteiger partial charge is 0.338 e.